The number of hydrogen-bond acceptors (Lipinski definition) is 2. The summed E-state index contributed by atoms with van der Waals surface area (Å²) in [6.07, 6.45) is 8.78. The minimum atomic E-state index is -0.197. The molecule has 0 N–H and O–H groups in total. The second-order valence-electron chi connectivity index (χ2n) is 6.58. The molecular formula is C16H26N2O2. The third-order valence-electron chi connectivity index (χ3n) is 5.40. The molecule has 3 fully saturated rings. The van der Waals surface area contributed by atoms with Crippen LogP contribution in [0.5, 0.6) is 0 Å². The van der Waals surface area contributed by atoms with Crippen molar-refractivity contribution in [2.24, 2.45) is 5.92 Å². The number of fused-ring (bicyclic) bond motifs is 1. The van der Waals surface area contributed by atoms with E-state index in [4.69, 9.17) is 0 Å². The van der Waals surface area contributed by atoms with E-state index in [1.165, 1.54) is 19.3 Å². The van der Waals surface area contributed by atoms with Crippen LogP contribution in [0, 0.1) is 5.92 Å². The summed E-state index contributed by atoms with van der Waals surface area (Å²) >= 11 is 0. The lowest BCUT2D eigenvalue weighted by Gasteiger charge is -2.47. The number of piperazine rings is 1. The summed E-state index contributed by atoms with van der Waals surface area (Å²) in [6, 6.07) is -0.350. The molecule has 112 valence electrons. The van der Waals surface area contributed by atoms with E-state index in [0.717, 1.165) is 51.1 Å². The van der Waals surface area contributed by atoms with Crippen LogP contribution in [0.2, 0.25) is 0 Å². The summed E-state index contributed by atoms with van der Waals surface area (Å²) in [5, 5.41) is 0. The average Bonchev–Trinajstić information content (AvgIpc) is 2.42. The van der Waals surface area contributed by atoms with Crippen molar-refractivity contribution in [2.75, 3.05) is 13.1 Å². The molecule has 4 nitrogen and oxygen atoms in total. The predicted molar refractivity (Wildman–Crippen MR) is 77.1 cm³/mol. The Morgan fingerprint density at radius 1 is 1.05 bits per heavy atom. The fourth-order valence-electron chi connectivity index (χ4n) is 3.89. The lowest BCUT2D eigenvalue weighted by Crippen LogP contribution is -2.65. The normalized spacial score (nSPS) is 31.2. The van der Waals surface area contributed by atoms with Gasteiger partial charge in [-0.1, -0.05) is 26.2 Å². The number of piperidine rings is 1. The van der Waals surface area contributed by atoms with Crippen molar-refractivity contribution in [1.29, 1.82) is 0 Å². The summed E-state index contributed by atoms with van der Waals surface area (Å²) in [5.41, 5.74) is 0. The lowest BCUT2D eigenvalue weighted by atomic mass is 9.82. The van der Waals surface area contributed by atoms with E-state index in [2.05, 4.69) is 0 Å². The second-order valence-corrected chi connectivity index (χ2v) is 6.58. The van der Waals surface area contributed by atoms with Gasteiger partial charge in [0.1, 0.15) is 12.1 Å². The first kappa shape index (κ1) is 13.9. The Morgan fingerprint density at radius 2 is 1.85 bits per heavy atom. The summed E-state index contributed by atoms with van der Waals surface area (Å²) in [5.74, 6) is 1.21. The lowest BCUT2D eigenvalue weighted by molar-refractivity contribution is -0.164. The Morgan fingerprint density at radius 3 is 2.50 bits per heavy atom. The van der Waals surface area contributed by atoms with Gasteiger partial charge in [0.15, 0.2) is 0 Å². The largest absolute Gasteiger partial charge is 0.329 e. The van der Waals surface area contributed by atoms with Gasteiger partial charge in [-0.2, -0.15) is 0 Å². The molecule has 3 rings (SSSR count). The van der Waals surface area contributed by atoms with Gasteiger partial charge < -0.3 is 9.80 Å². The highest BCUT2D eigenvalue weighted by atomic mass is 16.2. The van der Waals surface area contributed by atoms with Crippen LogP contribution in [0.15, 0.2) is 0 Å². The quantitative estimate of drug-likeness (QED) is 0.791. The van der Waals surface area contributed by atoms with Crippen molar-refractivity contribution < 1.29 is 9.59 Å². The zero-order chi connectivity index (χ0) is 14.1. The molecule has 0 spiro atoms. The Hall–Kier alpha value is -1.06. The van der Waals surface area contributed by atoms with Crippen molar-refractivity contribution in [2.45, 2.75) is 70.4 Å². The van der Waals surface area contributed by atoms with E-state index in [1.54, 1.807) is 0 Å². The number of rotatable bonds is 4. The van der Waals surface area contributed by atoms with Crippen LogP contribution in [0.4, 0.5) is 0 Å². The van der Waals surface area contributed by atoms with Crippen LogP contribution >= 0.6 is 0 Å². The number of carbonyl (C=O) groups is 2. The highest BCUT2D eigenvalue weighted by Gasteiger charge is 2.45. The minimum Gasteiger partial charge on any atom is -0.329 e. The molecule has 2 saturated heterocycles. The maximum atomic E-state index is 12.7. The topological polar surface area (TPSA) is 40.6 Å². The number of hydrogen-bond donors (Lipinski definition) is 0. The van der Waals surface area contributed by atoms with Gasteiger partial charge in [-0.25, -0.2) is 0 Å². The summed E-state index contributed by atoms with van der Waals surface area (Å²) < 4.78 is 0. The zero-order valence-corrected chi connectivity index (χ0v) is 12.5. The third-order valence-corrected chi connectivity index (χ3v) is 5.40. The molecule has 2 heterocycles. The Labute approximate surface area is 121 Å². The first-order valence-electron chi connectivity index (χ1n) is 8.33. The molecule has 0 radical (unpaired) electrons. The molecule has 2 atom stereocenters. The first-order valence-corrected chi connectivity index (χ1v) is 8.33. The fraction of sp³-hybridized carbons (Fsp3) is 0.875. The minimum absolute atomic E-state index is 0.152. The average molecular weight is 278 g/mol. The molecule has 20 heavy (non-hydrogen) atoms. The number of carbonyl (C=O) groups excluding carboxylic acids is 2. The van der Waals surface area contributed by atoms with Crippen LogP contribution in [-0.4, -0.2) is 46.8 Å². The molecule has 2 aliphatic heterocycles. The van der Waals surface area contributed by atoms with Crippen LogP contribution in [0.25, 0.3) is 0 Å². The van der Waals surface area contributed by atoms with Crippen molar-refractivity contribution in [3.63, 3.8) is 0 Å². The van der Waals surface area contributed by atoms with E-state index in [1.807, 2.05) is 16.7 Å². The predicted octanol–water partition coefficient (Wildman–Crippen LogP) is 2.18. The van der Waals surface area contributed by atoms with Crippen LogP contribution in [-0.2, 0) is 9.59 Å². The van der Waals surface area contributed by atoms with Gasteiger partial charge in [0, 0.05) is 13.1 Å². The molecule has 0 bridgehead atoms. The molecule has 2 amide bonds. The standard InChI is InChI=1S/C16H26N2O2/c1-2-13-15(19)17-10-4-3-8-14(17)16(20)18(13)11-9-12-6-5-7-12/h12-14H,2-11H2,1H3. The van der Waals surface area contributed by atoms with Gasteiger partial charge in [0.05, 0.1) is 0 Å². The zero-order valence-electron chi connectivity index (χ0n) is 12.5. The van der Waals surface area contributed by atoms with E-state index in [0.29, 0.717) is 0 Å². The van der Waals surface area contributed by atoms with Gasteiger partial charge in [-0.3, -0.25) is 9.59 Å². The van der Waals surface area contributed by atoms with Crippen molar-refractivity contribution in [1.82, 2.24) is 9.80 Å². The number of nitrogens with zero attached hydrogens (tertiary/aromatic N) is 2. The molecule has 0 aromatic carbocycles. The Kier molecular flexibility index (Phi) is 3.99. The molecule has 4 heteroatoms. The fourth-order valence-corrected chi connectivity index (χ4v) is 3.89. The molecule has 2 unspecified atom stereocenters. The van der Waals surface area contributed by atoms with Crippen LogP contribution in [0.1, 0.15) is 58.3 Å². The highest BCUT2D eigenvalue weighted by Crippen LogP contribution is 2.32. The van der Waals surface area contributed by atoms with E-state index in [-0.39, 0.29) is 23.9 Å². The first-order chi connectivity index (χ1) is 9.72. The Balaban J connectivity index is 1.71. The molecule has 1 saturated carbocycles. The van der Waals surface area contributed by atoms with Crippen molar-refractivity contribution >= 4 is 11.8 Å². The van der Waals surface area contributed by atoms with Crippen molar-refractivity contribution in [3.05, 3.63) is 0 Å². The number of amides is 2. The second kappa shape index (κ2) is 5.74. The molecule has 1 aliphatic carbocycles. The maximum absolute atomic E-state index is 12.7. The van der Waals surface area contributed by atoms with Gasteiger partial charge >= 0.3 is 0 Å². The monoisotopic (exact) mass is 278 g/mol. The van der Waals surface area contributed by atoms with Gasteiger partial charge in [-0.05, 0) is 38.0 Å². The molecular weight excluding hydrogens is 252 g/mol. The Bertz CT molecular complexity index is 392. The van der Waals surface area contributed by atoms with Crippen LogP contribution < -0.4 is 0 Å². The third kappa shape index (κ3) is 2.33. The van der Waals surface area contributed by atoms with Gasteiger partial charge in [0.2, 0.25) is 11.8 Å². The molecule has 3 aliphatic rings. The van der Waals surface area contributed by atoms with E-state index in [9.17, 15) is 9.59 Å². The summed E-state index contributed by atoms with van der Waals surface area (Å²) in [4.78, 5) is 29.1. The van der Waals surface area contributed by atoms with Gasteiger partial charge in [0.25, 0.3) is 0 Å². The summed E-state index contributed by atoms with van der Waals surface area (Å²) in [7, 11) is 0. The smallest absolute Gasteiger partial charge is 0.246 e. The summed E-state index contributed by atoms with van der Waals surface area (Å²) in [6.45, 7) is 3.59. The molecule has 0 aromatic heterocycles. The van der Waals surface area contributed by atoms with Crippen LogP contribution in [0.3, 0.4) is 0 Å². The van der Waals surface area contributed by atoms with E-state index >= 15 is 0 Å². The SMILES string of the molecule is CCC1C(=O)N2CCCCC2C(=O)N1CCC1CCC1. The molecule has 0 aromatic rings. The highest BCUT2D eigenvalue weighted by molar-refractivity contribution is 5.97. The van der Waals surface area contributed by atoms with Crippen molar-refractivity contribution in [3.8, 4) is 0 Å². The van der Waals surface area contributed by atoms with E-state index < -0.39 is 0 Å². The maximum Gasteiger partial charge on any atom is 0.246 e. The van der Waals surface area contributed by atoms with Gasteiger partial charge in [-0.15, -0.1) is 0 Å².